The zero-order chi connectivity index (χ0) is 40.2. The molecule has 292 valence electrons. The highest BCUT2D eigenvalue weighted by Crippen LogP contribution is 2.41. The molecule has 0 radical (unpaired) electrons. The number of carboxylic acids is 1. The summed E-state index contributed by atoms with van der Waals surface area (Å²) in [5.41, 5.74) is 4.89. The van der Waals surface area contributed by atoms with Gasteiger partial charge in [-0.15, -0.1) is 0 Å². The van der Waals surface area contributed by atoms with Crippen molar-refractivity contribution >= 4 is 54.4 Å². The predicted octanol–water partition coefficient (Wildman–Crippen LogP) is 8.99. The Labute approximate surface area is 336 Å². The number of hydrogen-bond acceptors (Lipinski definition) is 6. The zero-order valence-electron chi connectivity index (χ0n) is 30.8. The molecule has 7 rings (SSSR count). The summed E-state index contributed by atoms with van der Waals surface area (Å²) in [6.07, 6.45) is 5.02. The maximum absolute atomic E-state index is 14.8. The molecule has 5 aromatic carbocycles. The van der Waals surface area contributed by atoms with Crippen LogP contribution < -0.4 is 0 Å². The Bertz CT molecular complexity index is 2650. The minimum atomic E-state index is -4.12. The van der Waals surface area contributed by atoms with Crippen LogP contribution in [0.5, 0.6) is 0 Å². The number of aliphatic imine (C=N–C) groups is 1. The van der Waals surface area contributed by atoms with E-state index in [0.717, 1.165) is 27.7 Å². The summed E-state index contributed by atoms with van der Waals surface area (Å²) >= 11 is 6.66. The first-order valence-corrected chi connectivity index (χ1v) is 22.2. The molecule has 0 saturated carbocycles. The highest BCUT2D eigenvalue weighted by Gasteiger charge is 2.43. The number of allylic oxidation sites excluding steroid dienone is 1. The molecular weight excluding hydrogens is 783 g/mol. The summed E-state index contributed by atoms with van der Waals surface area (Å²) in [7, 11) is -7.97. The molecule has 0 fully saturated rings. The van der Waals surface area contributed by atoms with Crippen molar-refractivity contribution in [2.24, 2.45) is 4.99 Å². The molecular formula is C45H40ClFN2O6S2. The van der Waals surface area contributed by atoms with E-state index in [1.54, 1.807) is 36.4 Å². The van der Waals surface area contributed by atoms with E-state index in [2.05, 4.69) is 9.56 Å². The van der Waals surface area contributed by atoms with E-state index in [9.17, 15) is 26.0 Å². The number of hydrogen-bond donors (Lipinski definition) is 1. The van der Waals surface area contributed by atoms with Gasteiger partial charge in [-0.05, 0) is 96.5 Å². The first-order valence-electron chi connectivity index (χ1n) is 18.5. The van der Waals surface area contributed by atoms with Gasteiger partial charge in [0.05, 0.1) is 22.4 Å². The maximum Gasteiger partial charge on any atom is 0.303 e. The lowest BCUT2D eigenvalue weighted by molar-refractivity contribution is -0.136. The molecule has 57 heavy (non-hydrogen) atoms. The van der Waals surface area contributed by atoms with Crippen molar-refractivity contribution < 1.29 is 31.1 Å². The van der Waals surface area contributed by atoms with Crippen LogP contribution in [0, 0.1) is 5.82 Å². The van der Waals surface area contributed by atoms with Gasteiger partial charge >= 0.3 is 5.97 Å². The third kappa shape index (κ3) is 8.51. The van der Waals surface area contributed by atoms with Crippen LogP contribution in [0.4, 0.5) is 4.39 Å². The fraction of sp³-hybridized carbons (Fsp3) is 0.200. The molecule has 8 nitrogen and oxygen atoms in total. The van der Waals surface area contributed by atoms with Crippen molar-refractivity contribution in [3.05, 3.63) is 184 Å². The van der Waals surface area contributed by atoms with Crippen LogP contribution in [-0.2, 0) is 49.5 Å². The SMILES string of the molecule is O=C(O)CCc1ccc(S(=O)(=O)CCc2c(CCC3(S(=O)(=O)Cc4ccccc4F)C=CC=N3)n(C(c3ccccc3)c3ccccc3)c3ccc(Cl)cc23)cc1. The molecule has 1 atom stereocenters. The van der Waals surface area contributed by atoms with E-state index in [1.807, 2.05) is 72.8 Å². The van der Waals surface area contributed by atoms with Gasteiger partial charge in [-0.1, -0.05) is 103 Å². The lowest BCUT2D eigenvalue weighted by Gasteiger charge is -2.28. The minimum absolute atomic E-state index is 0.00526. The molecule has 0 spiro atoms. The highest BCUT2D eigenvalue weighted by atomic mass is 35.5. The normalized spacial score (nSPS) is 15.5. The Morgan fingerprint density at radius 3 is 2.07 bits per heavy atom. The summed E-state index contributed by atoms with van der Waals surface area (Å²) in [4.78, 5) is 14.0. The Hall–Kier alpha value is -5.36. The van der Waals surface area contributed by atoms with E-state index in [4.69, 9.17) is 16.7 Å². The number of aliphatic carboxylic acids is 1. The second-order valence-corrected chi connectivity index (χ2v) is 18.9. The number of aryl methyl sites for hydroxylation is 2. The molecule has 1 aliphatic rings. The summed E-state index contributed by atoms with van der Waals surface area (Å²) < 4.78 is 73.5. The lowest BCUT2D eigenvalue weighted by Crippen LogP contribution is -2.35. The molecule has 0 aliphatic carbocycles. The van der Waals surface area contributed by atoms with Gasteiger partial charge in [-0.3, -0.25) is 9.79 Å². The average Bonchev–Trinajstić information content (AvgIpc) is 3.81. The van der Waals surface area contributed by atoms with Gasteiger partial charge in [0.15, 0.2) is 24.5 Å². The molecule has 12 heteroatoms. The Morgan fingerprint density at radius 1 is 0.807 bits per heavy atom. The summed E-state index contributed by atoms with van der Waals surface area (Å²) in [5, 5.41) is 10.3. The summed E-state index contributed by atoms with van der Waals surface area (Å²) in [6.45, 7) is 0. The van der Waals surface area contributed by atoms with E-state index < -0.39 is 48.1 Å². The fourth-order valence-corrected chi connectivity index (χ4v) is 10.9. The Kier molecular flexibility index (Phi) is 11.6. The topological polar surface area (TPSA) is 123 Å². The Morgan fingerprint density at radius 2 is 1.46 bits per heavy atom. The van der Waals surface area contributed by atoms with Gasteiger partial charge in [0.25, 0.3) is 0 Å². The number of nitrogens with zero attached hydrogens (tertiary/aromatic N) is 2. The van der Waals surface area contributed by atoms with Crippen LogP contribution in [0.25, 0.3) is 10.9 Å². The number of fused-ring (bicyclic) bond motifs is 1. The smallest absolute Gasteiger partial charge is 0.303 e. The van der Waals surface area contributed by atoms with Crippen LogP contribution in [0.3, 0.4) is 0 Å². The average molecular weight is 823 g/mol. The maximum atomic E-state index is 14.8. The van der Waals surface area contributed by atoms with Crippen molar-refractivity contribution in [2.75, 3.05) is 5.75 Å². The predicted molar refractivity (Wildman–Crippen MR) is 223 cm³/mol. The van der Waals surface area contributed by atoms with E-state index >= 15 is 0 Å². The number of carbonyl (C=O) groups is 1. The number of halogens is 2. The number of aromatic nitrogens is 1. The third-order valence-electron chi connectivity index (χ3n) is 10.5. The van der Waals surface area contributed by atoms with Crippen molar-refractivity contribution in [3.8, 4) is 0 Å². The third-order valence-corrected chi connectivity index (χ3v) is 14.7. The summed E-state index contributed by atoms with van der Waals surface area (Å²) in [6, 6.07) is 37.0. The van der Waals surface area contributed by atoms with Gasteiger partial charge in [0, 0.05) is 39.8 Å². The van der Waals surface area contributed by atoms with Crippen molar-refractivity contribution in [3.63, 3.8) is 0 Å². The number of sulfone groups is 2. The standard InChI is InChI=1S/C45H40ClFN2O6S2/c46-36-19-22-41-39(30-36)38(25-29-56(52,53)37-20-16-32(17-21-37)18-23-43(50)51)42(49(41)44(33-10-3-1-4-11-33)34-12-5-2-6-13-34)24-27-45(26-9-28-48-45)57(54,55)31-35-14-7-8-15-40(35)47/h1-17,19-22,26,28,30,44H,18,23-25,27,29,31H2,(H,50,51). The molecule has 2 heterocycles. The molecule has 0 saturated heterocycles. The second kappa shape index (κ2) is 16.6. The minimum Gasteiger partial charge on any atom is -0.481 e. The highest BCUT2D eigenvalue weighted by molar-refractivity contribution is 7.92. The van der Waals surface area contributed by atoms with Crippen LogP contribution in [0.1, 0.15) is 52.4 Å². The molecule has 0 amide bonds. The molecule has 0 bridgehead atoms. The fourth-order valence-electron chi connectivity index (χ4n) is 7.62. The van der Waals surface area contributed by atoms with Crippen LogP contribution >= 0.6 is 11.6 Å². The first-order chi connectivity index (χ1) is 27.4. The van der Waals surface area contributed by atoms with Crippen molar-refractivity contribution in [1.82, 2.24) is 4.57 Å². The Balaban J connectivity index is 1.36. The molecule has 1 aliphatic heterocycles. The van der Waals surface area contributed by atoms with Gasteiger partial charge in [-0.25, -0.2) is 21.2 Å². The van der Waals surface area contributed by atoms with E-state index in [1.165, 1.54) is 36.5 Å². The van der Waals surface area contributed by atoms with Gasteiger partial charge in [0.2, 0.25) is 0 Å². The second-order valence-electron chi connectivity index (χ2n) is 14.1. The molecule has 6 aromatic rings. The van der Waals surface area contributed by atoms with Gasteiger partial charge in [-0.2, -0.15) is 0 Å². The van der Waals surface area contributed by atoms with Gasteiger partial charge < -0.3 is 9.67 Å². The molecule has 1 N–H and O–H groups in total. The van der Waals surface area contributed by atoms with Crippen LogP contribution in [0.2, 0.25) is 5.02 Å². The number of carboxylic acid groups (broad SMARTS) is 1. The largest absolute Gasteiger partial charge is 0.481 e. The zero-order valence-corrected chi connectivity index (χ0v) is 33.2. The quantitative estimate of drug-likeness (QED) is 0.104. The first kappa shape index (κ1) is 39.9. The monoisotopic (exact) mass is 822 g/mol. The van der Waals surface area contributed by atoms with Crippen molar-refractivity contribution in [1.29, 1.82) is 0 Å². The molecule has 1 aromatic heterocycles. The van der Waals surface area contributed by atoms with Crippen LogP contribution in [0.15, 0.2) is 149 Å². The van der Waals surface area contributed by atoms with Crippen LogP contribution in [-0.4, -0.2) is 49.3 Å². The van der Waals surface area contributed by atoms with Crippen molar-refractivity contribution in [2.45, 2.75) is 53.7 Å². The van der Waals surface area contributed by atoms with Gasteiger partial charge in [0.1, 0.15) is 5.82 Å². The number of benzene rings is 5. The lowest BCUT2D eigenvalue weighted by atomic mass is 9.97. The molecule has 1 unspecified atom stereocenters. The van der Waals surface area contributed by atoms with E-state index in [0.29, 0.717) is 16.1 Å². The van der Waals surface area contributed by atoms with E-state index in [-0.39, 0.29) is 48.3 Å². The number of rotatable bonds is 16. The summed E-state index contributed by atoms with van der Waals surface area (Å²) in [5.74, 6) is -2.38.